The van der Waals surface area contributed by atoms with E-state index >= 15 is 0 Å². The van der Waals surface area contributed by atoms with Crippen LogP contribution in [0.15, 0.2) is 24.3 Å². The zero-order valence-corrected chi connectivity index (χ0v) is 12.2. The second-order valence-corrected chi connectivity index (χ2v) is 5.60. The minimum Gasteiger partial charge on any atom is -0.342 e. The van der Waals surface area contributed by atoms with Gasteiger partial charge in [0.1, 0.15) is 0 Å². The highest BCUT2D eigenvalue weighted by atomic mass is 16.2. The van der Waals surface area contributed by atoms with Crippen LogP contribution in [-0.4, -0.2) is 48.3 Å². The normalized spacial score (nSPS) is 15.6. The van der Waals surface area contributed by atoms with Crippen molar-refractivity contribution in [2.45, 2.75) is 26.2 Å². The molecule has 20 heavy (non-hydrogen) atoms. The average molecular weight is 274 g/mol. The molecule has 0 radical (unpaired) electrons. The van der Waals surface area contributed by atoms with E-state index in [1.165, 1.54) is 5.56 Å². The van der Waals surface area contributed by atoms with Gasteiger partial charge < -0.3 is 9.80 Å². The van der Waals surface area contributed by atoms with Crippen molar-refractivity contribution in [3.05, 3.63) is 35.4 Å². The minimum atomic E-state index is 0.146. The molecule has 2 rings (SSSR count). The van der Waals surface area contributed by atoms with E-state index < -0.39 is 0 Å². The summed E-state index contributed by atoms with van der Waals surface area (Å²) in [7, 11) is 0. The molecule has 0 unspecified atom stereocenters. The summed E-state index contributed by atoms with van der Waals surface area (Å²) in [6, 6.07) is 8.26. The maximum absolute atomic E-state index is 12.2. The third-order valence-corrected chi connectivity index (χ3v) is 3.82. The van der Waals surface area contributed by atoms with Crippen LogP contribution in [0.4, 0.5) is 0 Å². The predicted octanol–water partition coefficient (Wildman–Crippen LogP) is 1.65. The van der Waals surface area contributed by atoms with Crippen LogP contribution in [0.3, 0.4) is 0 Å². The summed E-state index contributed by atoms with van der Waals surface area (Å²) in [5, 5.41) is 0. The van der Waals surface area contributed by atoms with Crippen LogP contribution in [0.5, 0.6) is 0 Å². The van der Waals surface area contributed by atoms with E-state index in [2.05, 4.69) is 26.0 Å². The second kappa shape index (κ2) is 6.55. The van der Waals surface area contributed by atoms with Gasteiger partial charge >= 0.3 is 0 Å². The fourth-order valence-electron chi connectivity index (χ4n) is 2.38. The lowest BCUT2D eigenvalue weighted by Gasteiger charge is -2.32. The molecule has 1 aromatic rings. The number of benzene rings is 1. The Balaban J connectivity index is 1.89. The third-order valence-electron chi connectivity index (χ3n) is 3.82. The van der Waals surface area contributed by atoms with E-state index in [-0.39, 0.29) is 5.91 Å². The van der Waals surface area contributed by atoms with Crippen LogP contribution in [0, 0.1) is 0 Å². The molecule has 0 aliphatic carbocycles. The lowest BCUT2D eigenvalue weighted by Crippen LogP contribution is -2.48. The average Bonchev–Trinajstić information content (AvgIpc) is 2.48. The molecule has 1 saturated heterocycles. The van der Waals surface area contributed by atoms with Gasteiger partial charge in [0.05, 0.1) is 6.42 Å². The predicted molar refractivity (Wildman–Crippen MR) is 78.5 cm³/mol. The molecule has 2 amide bonds. The Bertz CT molecular complexity index is 460. The number of hydrogen-bond acceptors (Lipinski definition) is 2. The van der Waals surface area contributed by atoms with E-state index in [0.717, 1.165) is 12.0 Å². The molecule has 0 N–H and O–H groups in total. The lowest BCUT2D eigenvalue weighted by molar-refractivity contribution is -0.134. The first-order valence-corrected chi connectivity index (χ1v) is 7.16. The van der Waals surface area contributed by atoms with Crippen molar-refractivity contribution in [3.63, 3.8) is 0 Å². The highest BCUT2D eigenvalue weighted by Gasteiger charge is 2.20. The van der Waals surface area contributed by atoms with Gasteiger partial charge in [-0.15, -0.1) is 0 Å². The van der Waals surface area contributed by atoms with Gasteiger partial charge in [-0.2, -0.15) is 0 Å². The molecular weight excluding hydrogens is 252 g/mol. The van der Waals surface area contributed by atoms with Gasteiger partial charge in [0.25, 0.3) is 0 Å². The maximum atomic E-state index is 12.2. The van der Waals surface area contributed by atoms with E-state index in [1.807, 2.05) is 17.0 Å². The molecule has 4 heteroatoms. The molecule has 1 aromatic carbocycles. The van der Waals surface area contributed by atoms with Crippen LogP contribution in [0.1, 0.15) is 30.9 Å². The maximum Gasteiger partial charge on any atom is 0.227 e. The van der Waals surface area contributed by atoms with E-state index in [0.29, 0.717) is 38.5 Å². The van der Waals surface area contributed by atoms with Crippen LogP contribution >= 0.6 is 0 Å². The first-order chi connectivity index (χ1) is 9.60. The summed E-state index contributed by atoms with van der Waals surface area (Å²) in [6.45, 7) is 6.88. The zero-order chi connectivity index (χ0) is 14.5. The summed E-state index contributed by atoms with van der Waals surface area (Å²) in [5.41, 5.74) is 2.35. The molecule has 0 atom stereocenters. The van der Waals surface area contributed by atoms with E-state index in [9.17, 15) is 9.59 Å². The number of carbonyl (C=O) groups excluding carboxylic acids is 2. The van der Waals surface area contributed by atoms with Gasteiger partial charge in [-0.05, 0) is 17.0 Å². The SMILES string of the molecule is CC(C)c1ccc(CC(=O)N2CCN(C=O)CC2)cc1. The van der Waals surface area contributed by atoms with Crippen LogP contribution in [0.2, 0.25) is 0 Å². The van der Waals surface area contributed by atoms with Gasteiger partial charge in [-0.1, -0.05) is 38.1 Å². The molecule has 108 valence electrons. The first kappa shape index (κ1) is 14.6. The van der Waals surface area contributed by atoms with Crippen LogP contribution in [0.25, 0.3) is 0 Å². The molecule has 1 aliphatic rings. The topological polar surface area (TPSA) is 40.6 Å². The van der Waals surface area contributed by atoms with E-state index in [1.54, 1.807) is 4.90 Å². The monoisotopic (exact) mass is 274 g/mol. The Kier molecular flexibility index (Phi) is 4.77. The number of nitrogens with zero attached hydrogens (tertiary/aromatic N) is 2. The Hall–Kier alpha value is -1.84. The molecule has 1 fully saturated rings. The molecule has 4 nitrogen and oxygen atoms in total. The van der Waals surface area contributed by atoms with Crippen molar-refractivity contribution in [1.29, 1.82) is 0 Å². The Morgan fingerprint density at radius 3 is 2.25 bits per heavy atom. The summed E-state index contributed by atoms with van der Waals surface area (Å²) < 4.78 is 0. The molecule has 0 saturated carbocycles. The zero-order valence-electron chi connectivity index (χ0n) is 12.2. The smallest absolute Gasteiger partial charge is 0.227 e. The number of amides is 2. The van der Waals surface area contributed by atoms with Gasteiger partial charge in [0.15, 0.2) is 0 Å². The van der Waals surface area contributed by atoms with Crippen LogP contribution in [-0.2, 0) is 16.0 Å². The quantitative estimate of drug-likeness (QED) is 0.783. The summed E-state index contributed by atoms with van der Waals surface area (Å²) >= 11 is 0. The molecule has 0 bridgehead atoms. The van der Waals surface area contributed by atoms with Crippen molar-refractivity contribution >= 4 is 12.3 Å². The van der Waals surface area contributed by atoms with Gasteiger partial charge in [0.2, 0.25) is 12.3 Å². The Morgan fingerprint density at radius 2 is 1.75 bits per heavy atom. The van der Waals surface area contributed by atoms with Gasteiger partial charge in [-0.25, -0.2) is 0 Å². The molecule has 1 heterocycles. The molecular formula is C16H22N2O2. The lowest BCUT2D eigenvalue weighted by atomic mass is 10.0. The summed E-state index contributed by atoms with van der Waals surface area (Å²) in [5.74, 6) is 0.656. The highest BCUT2D eigenvalue weighted by Crippen LogP contribution is 2.15. The second-order valence-electron chi connectivity index (χ2n) is 5.60. The number of piperazine rings is 1. The minimum absolute atomic E-state index is 0.146. The molecule has 0 spiro atoms. The third kappa shape index (κ3) is 3.59. The van der Waals surface area contributed by atoms with Crippen molar-refractivity contribution in [2.24, 2.45) is 0 Å². The van der Waals surface area contributed by atoms with Crippen molar-refractivity contribution in [1.82, 2.24) is 9.80 Å². The number of rotatable bonds is 4. The number of carbonyl (C=O) groups is 2. The largest absolute Gasteiger partial charge is 0.342 e. The molecule has 0 aromatic heterocycles. The Morgan fingerprint density at radius 1 is 1.15 bits per heavy atom. The highest BCUT2D eigenvalue weighted by molar-refractivity contribution is 5.79. The fraction of sp³-hybridized carbons (Fsp3) is 0.500. The summed E-state index contributed by atoms with van der Waals surface area (Å²) in [4.78, 5) is 26.4. The van der Waals surface area contributed by atoms with E-state index in [4.69, 9.17) is 0 Å². The van der Waals surface area contributed by atoms with Gasteiger partial charge in [0, 0.05) is 26.2 Å². The first-order valence-electron chi connectivity index (χ1n) is 7.16. The summed E-state index contributed by atoms with van der Waals surface area (Å²) in [6.07, 6.45) is 1.30. The Labute approximate surface area is 120 Å². The number of hydrogen-bond donors (Lipinski definition) is 0. The molecule has 1 aliphatic heterocycles. The van der Waals surface area contributed by atoms with Gasteiger partial charge in [-0.3, -0.25) is 9.59 Å². The fourth-order valence-corrected chi connectivity index (χ4v) is 2.38. The van der Waals surface area contributed by atoms with Crippen molar-refractivity contribution < 1.29 is 9.59 Å². The standard InChI is InChI=1S/C16H22N2O2/c1-13(2)15-5-3-14(4-6-15)11-16(20)18-9-7-17(12-19)8-10-18/h3-6,12-13H,7-11H2,1-2H3. The van der Waals surface area contributed by atoms with Crippen molar-refractivity contribution in [3.8, 4) is 0 Å². The van der Waals surface area contributed by atoms with Crippen LogP contribution < -0.4 is 0 Å². The van der Waals surface area contributed by atoms with Crippen molar-refractivity contribution in [2.75, 3.05) is 26.2 Å².